The van der Waals surface area contributed by atoms with E-state index in [4.69, 9.17) is 6.11 Å². The summed E-state index contributed by atoms with van der Waals surface area (Å²) in [6.07, 6.45) is -0.256. The van der Waals surface area contributed by atoms with E-state index >= 15 is 0 Å². The van der Waals surface area contributed by atoms with Crippen molar-refractivity contribution in [3.63, 3.8) is 0 Å². The fourth-order valence-corrected chi connectivity index (χ4v) is 3.11. The summed E-state index contributed by atoms with van der Waals surface area (Å²) < 4.78 is 15.1. The summed E-state index contributed by atoms with van der Waals surface area (Å²) >= 11 is 0. The Labute approximate surface area is 137 Å². The minimum absolute atomic E-state index is 0.135. The van der Waals surface area contributed by atoms with Crippen LogP contribution in [0.15, 0.2) is 18.7 Å². The molecule has 0 spiro atoms. The van der Waals surface area contributed by atoms with Gasteiger partial charge < -0.3 is 29.6 Å². The van der Waals surface area contributed by atoms with Crippen LogP contribution in [0.3, 0.4) is 0 Å². The van der Waals surface area contributed by atoms with E-state index in [1.54, 1.807) is 6.20 Å². The van der Waals surface area contributed by atoms with Crippen LogP contribution in [0.5, 0.6) is 0 Å². The van der Waals surface area contributed by atoms with Crippen molar-refractivity contribution in [1.82, 2.24) is 24.5 Å². The highest BCUT2D eigenvalue weighted by Gasteiger charge is 2.53. The van der Waals surface area contributed by atoms with Crippen molar-refractivity contribution >= 4 is 17.7 Å². The molecule has 24 heavy (non-hydrogen) atoms. The molecule has 3 aliphatic heterocycles. The molecule has 3 aliphatic rings. The number of aromatic nitrogens is 5. The van der Waals surface area contributed by atoms with Crippen molar-refractivity contribution in [3.05, 3.63) is 24.0 Å². The van der Waals surface area contributed by atoms with Crippen LogP contribution < -0.4 is 5.35 Å². The third kappa shape index (κ3) is 1.99. The van der Waals surface area contributed by atoms with Gasteiger partial charge >= 0.3 is 0 Å². The molecular weight excluding hydrogens is 314 g/mol. The van der Waals surface area contributed by atoms with E-state index in [-0.39, 0.29) is 12.1 Å². The smallest absolute Gasteiger partial charge is 0.167 e. The Hall–Kier alpha value is -2.33. The van der Waals surface area contributed by atoms with Crippen LogP contribution in [0.4, 0.5) is 0 Å². The third-order valence-electron chi connectivity index (χ3n) is 4.36. The molecule has 1 fully saturated rings. The van der Waals surface area contributed by atoms with Gasteiger partial charge in [-0.2, -0.15) is 0 Å². The molecule has 0 unspecified atom stereocenters. The number of aromatic amines is 1. The summed E-state index contributed by atoms with van der Waals surface area (Å²) in [6.45, 7) is 4.74. The second kappa shape index (κ2) is 5.08. The molecule has 0 amide bonds. The molecule has 0 aromatic carbocycles. The fraction of sp³-hybridized carbons (Fsp3) is 0.400. The van der Waals surface area contributed by atoms with Gasteiger partial charge in [-0.3, -0.25) is 4.98 Å². The Morgan fingerprint density at radius 3 is 3.04 bits per heavy atom. The monoisotopic (exact) mass is 333 g/mol. The van der Waals surface area contributed by atoms with Gasteiger partial charge in [0.2, 0.25) is 0 Å². The summed E-state index contributed by atoms with van der Waals surface area (Å²) in [7, 11) is 0. The number of hydrogen-bond acceptors (Lipinski definition) is 7. The van der Waals surface area contributed by atoms with Crippen molar-refractivity contribution in [2.24, 2.45) is 0 Å². The minimum atomic E-state index is -1.66. The van der Waals surface area contributed by atoms with E-state index in [0.717, 1.165) is 0 Å². The van der Waals surface area contributed by atoms with Gasteiger partial charge in [0.25, 0.3) is 0 Å². The first-order chi connectivity index (χ1) is 11.8. The normalized spacial score (nSPS) is 31.0. The number of rotatable bonds is 2. The molecule has 4 heterocycles. The zero-order chi connectivity index (χ0) is 17.9. The van der Waals surface area contributed by atoms with Crippen molar-refractivity contribution in [3.8, 4) is 11.4 Å². The number of nitrogens with zero attached hydrogens (tertiary/aromatic N) is 4. The average Bonchev–Trinajstić information content (AvgIpc) is 2.94. The molecule has 4 rings (SSSR count). The minimum Gasteiger partial charge on any atom is -0.394 e. The molecule has 4 atom stereocenters. The lowest BCUT2D eigenvalue weighted by atomic mass is 9.96. The van der Waals surface area contributed by atoms with Crippen LogP contribution in [0.1, 0.15) is 14.5 Å². The van der Waals surface area contributed by atoms with E-state index in [1.807, 2.05) is 0 Å². The summed E-state index contributed by atoms with van der Waals surface area (Å²) in [6, 6.07) is 0. The van der Waals surface area contributed by atoms with E-state index in [2.05, 4.69) is 26.5 Å². The number of aliphatic hydroxyl groups is 3. The third-order valence-corrected chi connectivity index (χ3v) is 4.36. The quantitative estimate of drug-likeness (QED) is 0.471. The summed E-state index contributed by atoms with van der Waals surface area (Å²) in [5.41, 5.74) is -0.189. The highest BCUT2D eigenvalue weighted by molar-refractivity contribution is 5.88. The largest absolute Gasteiger partial charge is 0.394 e. The summed E-state index contributed by atoms with van der Waals surface area (Å²) in [4.78, 5) is 15.4. The van der Waals surface area contributed by atoms with Crippen LogP contribution >= 0.6 is 0 Å². The first-order valence-corrected chi connectivity index (χ1v) is 7.39. The van der Waals surface area contributed by atoms with Gasteiger partial charge in [-0.1, -0.05) is 6.58 Å². The maximum absolute atomic E-state index is 10.7. The molecule has 1 saturated heterocycles. The van der Waals surface area contributed by atoms with E-state index < -0.39 is 30.6 Å². The van der Waals surface area contributed by atoms with E-state index in [9.17, 15) is 15.3 Å². The molecule has 0 bridgehead atoms. The molecular formula is C15H17N5O4. The number of aliphatic hydroxyl groups excluding tert-OH is 2. The standard InChI is InChI=1S/C15H17N5O4/c1-7-3-16-8-4-20(13-10(8)12(19-7)17-6-18-13)14-15(2,23)11(22)9(5-21)24-14/h3-4,6,9,11,14,21-23H,1,5H2,2H3,(H,17,18,19)/t9-,11-,14-,15+/m1/s1/i6T. The topological polar surface area (TPSA) is 129 Å². The highest BCUT2D eigenvalue weighted by Crippen LogP contribution is 2.41. The Morgan fingerprint density at radius 2 is 2.33 bits per heavy atom. The molecule has 0 radical (unpaired) electrons. The van der Waals surface area contributed by atoms with Crippen LogP contribution in [-0.4, -0.2) is 64.2 Å². The molecule has 0 saturated carbocycles. The Kier molecular flexibility index (Phi) is 2.98. The van der Waals surface area contributed by atoms with Gasteiger partial charge in [-0.15, -0.1) is 0 Å². The predicted octanol–water partition coefficient (Wildman–Crippen LogP) is -1.05. The lowest BCUT2D eigenvalue weighted by Gasteiger charge is -2.27. The van der Waals surface area contributed by atoms with Crippen LogP contribution in [0.25, 0.3) is 29.1 Å². The lowest BCUT2D eigenvalue weighted by Crippen LogP contribution is -2.44. The van der Waals surface area contributed by atoms with Crippen LogP contribution in [-0.2, 0) is 4.74 Å². The van der Waals surface area contributed by atoms with Crippen LogP contribution in [0, 0.1) is 0 Å². The second-order valence-electron chi connectivity index (χ2n) is 6.06. The number of nitrogens with one attached hydrogen (secondary N) is 1. The first kappa shape index (κ1) is 14.1. The Balaban J connectivity index is 1.99. The molecule has 126 valence electrons. The maximum atomic E-state index is 10.7. The summed E-state index contributed by atoms with van der Waals surface area (Å²) in [5, 5.41) is 30.7. The van der Waals surface area contributed by atoms with Gasteiger partial charge in [0.05, 0.1) is 35.5 Å². The van der Waals surface area contributed by atoms with Gasteiger partial charge in [-0.25, -0.2) is 9.97 Å². The molecule has 1 aromatic rings. The van der Waals surface area contributed by atoms with E-state index in [1.165, 1.54) is 17.7 Å². The Bertz CT molecular complexity index is 984. The lowest BCUT2D eigenvalue weighted by molar-refractivity contribution is -0.0947. The van der Waals surface area contributed by atoms with Crippen molar-refractivity contribution in [2.45, 2.75) is 31.0 Å². The number of ether oxygens (including phenoxy) is 1. The number of hydrogen-bond donors (Lipinski definition) is 4. The predicted molar refractivity (Wildman–Crippen MR) is 83.5 cm³/mol. The zero-order valence-corrected chi connectivity index (χ0v) is 12.8. The SMILES string of the molecule is [3H]c1nc2nc(=C)cnc3cn([C@@H]4O[C@H](CO)[C@@H](O)[C@]4(C)O)c([nH]1)c3-2. The van der Waals surface area contributed by atoms with Gasteiger partial charge in [0.1, 0.15) is 24.8 Å². The fourth-order valence-electron chi connectivity index (χ4n) is 3.11. The molecule has 0 aliphatic carbocycles. The van der Waals surface area contributed by atoms with Crippen molar-refractivity contribution in [1.29, 1.82) is 0 Å². The number of H-pyrrole nitrogens is 1. The van der Waals surface area contributed by atoms with Crippen LogP contribution in [0.2, 0.25) is 0 Å². The Morgan fingerprint density at radius 1 is 1.54 bits per heavy atom. The average molecular weight is 333 g/mol. The highest BCUT2D eigenvalue weighted by atomic mass is 16.6. The van der Waals surface area contributed by atoms with Crippen molar-refractivity contribution < 1.29 is 21.4 Å². The molecule has 1 aromatic heterocycles. The van der Waals surface area contributed by atoms with E-state index in [0.29, 0.717) is 22.1 Å². The molecule has 9 nitrogen and oxygen atoms in total. The van der Waals surface area contributed by atoms with Gasteiger partial charge in [0, 0.05) is 6.20 Å². The first-order valence-electron chi connectivity index (χ1n) is 7.89. The maximum Gasteiger partial charge on any atom is 0.167 e. The zero-order valence-electron chi connectivity index (χ0n) is 13.8. The second-order valence-corrected chi connectivity index (χ2v) is 6.06. The van der Waals surface area contributed by atoms with Crippen molar-refractivity contribution in [2.75, 3.05) is 6.61 Å². The van der Waals surface area contributed by atoms with Gasteiger partial charge in [-0.05, 0) is 6.92 Å². The van der Waals surface area contributed by atoms with Gasteiger partial charge in [0.15, 0.2) is 12.1 Å². The molecule has 9 heteroatoms. The summed E-state index contributed by atoms with van der Waals surface area (Å²) in [5.74, 6) is 0.284. The molecule has 4 N–H and O–H groups in total.